The van der Waals surface area contributed by atoms with Crippen LogP contribution in [0.2, 0.25) is 5.02 Å². The molecule has 4 nitrogen and oxygen atoms in total. The van der Waals surface area contributed by atoms with Crippen LogP contribution in [-0.2, 0) is 4.79 Å². The number of nitrogens with one attached hydrogen (secondary N) is 2. The van der Waals surface area contributed by atoms with Gasteiger partial charge < -0.3 is 15.4 Å². The molecule has 1 rings (SSSR count). The lowest BCUT2D eigenvalue weighted by Crippen LogP contribution is -2.38. The zero-order valence-corrected chi connectivity index (χ0v) is 12.1. The molecule has 0 fully saturated rings. The zero-order chi connectivity index (χ0) is 14.4. The van der Waals surface area contributed by atoms with Crippen molar-refractivity contribution in [3.05, 3.63) is 23.0 Å². The van der Waals surface area contributed by atoms with Crippen LogP contribution < -0.4 is 15.4 Å². The normalized spacial score (nSPS) is 11.8. The van der Waals surface area contributed by atoms with E-state index in [1.807, 2.05) is 0 Å². The monoisotopic (exact) mass is 308 g/mol. The molecule has 1 amide bonds. The Labute approximate surface area is 121 Å². The molecule has 0 spiro atoms. The van der Waals surface area contributed by atoms with Gasteiger partial charge in [-0.1, -0.05) is 11.6 Å². The second-order valence-electron chi connectivity index (χ2n) is 3.95. The van der Waals surface area contributed by atoms with Crippen molar-refractivity contribution >= 4 is 34.8 Å². The van der Waals surface area contributed by atoms with E-state index in [-0.39, 0.29) is 28.5 Å². The van der Waals surface area contributed by atoms with E-state index < -0.39 is 5.82 Å². The third kappa shape index (κ3) is 4.76. The Morgan fingerprint density at radius 2 is 2.21 bits per heavy atom. The van der Waals surface area contributed by atoms with E-state index in [4.69, 9.17) is 27.9 Å². The van der Waals surface area contributed by atoms with Gasteiger partial charge in [-0.25, -0.2) is 4.39 Å². The van der Waals surface area contributed by atoms with Crippen LogP contribution in [0.4, 0.5) is 10.1 Å². The molecule has 1 atom stereocenters. The fraction of sp³-hybridized carbons (Fsp3) is 0.417. The van der Waals surface area contributed by atoms with E-state index in [1.165, 1.54) is 19.2 Å². The fourth-order valence-corrected chi connectivity index (χ4v) is 1.75. The van der Waals surface area contributed by atoms with Crippen LogP contribution in [0, 0.1) is 5.82 Å². The van der Waals surface area contributed by atoms with Gasteiger partial charge in [0.2, 0.25) is 5.91 Å². The molecule has 0 radical (unpaired) electrons. The average Bonchev–Trinajstić information content (AvgIpc) is 2.37. The molecule has 0 saturated carbocycles. The Balaban J connectivity index is 2.64. The molecule has 2 N–H and O–H groups in total. The largest absolute Gasteiger partial charge is 0.495 e. The summed E-state index contributed by atoms with van der Waals surface area (Å²) in [6, 6.07) is 2.45. The number of hydrogen-bond acceptors (Lipinski definition) is 3. The first-order valence-electron chi connectivity index (χ1n) is 5.60. The third-order valence-electron chi connectivity index (χ3n) is 2.37. The lowest BCUT2D eigenvalue weighted by Gasteiger charge is -2.16. The van der Waals surface area contributed by atoms with E-state index in [9.17, 15) is 9.18 Å². The quantitative estimate of drug-likeness (QED) is 0.794. The maximum Gasteiger partial charge on any atom is 0.235 e. The van der Waals surface area contributed by atoms with Gasteiger partial charge in [-0.2, -0.15) is 0 Å². The predicted octanol–water partition coefficient (Wildman–Crippen LogP) is 2.64. The maximum absolute atomic E-state index is 13.6. The number of hydrogen-bond donors (Lipinski definition) is 2. The summed E-state index contributed by atoms with van der Waals surface area (Å²) >= 11 is 11.2. The molecule has 0 unspecified atom stereocenters. The summed E-state index contributed by atoms with van der Waals surface area (Å²) in [6.45, 7) is 2.13. The smallest absolute Gasteiger partial charge is 0.235 e. The van der Waals surface area contributed by atoms with Crippen molar-refractivity contribution in [3.8, 4) is 5.75 Å². The minimum Gasteiger partial charge on any atom is -0.495 e. The van der Waals surface area contributed by atoms with E-state index >= 15 is 0 Å². The van der Waals surface area contributed by atoms with Crippen molar-refractivity contribution in [2.24, 2.45) is 0 Å². The molecular formula is C12H15Cl2FN2O2. The van der Waals surface area contributed by atoms with Gasteiger partial charge in [0.25, 0.3) is 0 Å². The van der Waals surface area contributed by atoms with Crippen LogP contribution in [0.3, 0.4) is 0 Å². The van der Waals surface area contributed by atoms with Crippen LogP contribution >= 0.6 is 23.2 Å². The van der Waals surface area contributed by atoms with Crippen molar-refractivity contribution in [2.75, 3.05) is 24.9 Å². The summed E-state index contributed by atoms with van der Waals surface area (Å²) in [7, 11) is 1.45. The second-order valence-corrected chi connectivity index (χ2v) is 4.62. The van der Waals surface area contributed by atoms with Gasteiger partial charge in [0.05, 0.1) is 17.8 Å². The number of anilines is 1. The molecule has 0 bridgehead atoms. The van der Waals surface area contributed by atoms with Crippen molar-refractivity contribution in [1.82, 2.24) is 5.32 Å². The Hall–Kier alpha value is -1.20. The van der Waals surface area contributed by atoms with Gasteiger partial charge in [0.15, 0.2) is 0 Å². The second kappa shape index (κ2) is 7.40. The van der Waals surface area contributed by atoms with Gasteiger partial charge >= 0.3 is 0 Å². The Kier molecular flexibility index (Phi) is 6.18. The van der Waals surface area contributed by atoms with E-state index in [0.717, 1.165) is 0 Å². The molecule has 7 heteroatoms. The molecule has 0 heterocycles. The number of ether oxygens (including phenoxy) is 1. The highest BCUT2D eigenvalue weighted by Gasteiger charge is 2.11. The number of benzene rings is 1. The maximum atomic E-state index is 13.6. The molecular weight excluding hydrogens is 294 g/mol. The van der Waals surface area contributed by atoms with Gasteiger partial charge in [-0.3, -0.25) is 4.79 Å². The summed E-state index contributed by atoms with van der Waals surface area (Å²) < 4.78 is 18.6. The number of alkyl halides is 1. The lowest BCUT2D eigenvalue weighted by atomic mass is 10.2. The SMILES string of the molecule is COc1cc(NC[C@H](C)NC(=O)CCl)c(F)cc1Cl. The minimum absolute atomic E-state index is 0.104. The van der Waals surface area contributed by atoms with E-state index in [0.29, 0.717) is 12.3 Å². The van der Waals surface area contributed by atoms with Crippen molar-refractivity contribution in [2.45, 2.75) is 13.0 Å². The summed E-state index contributed by atoms with van der Waals surface area (Å²) in [5.41, 5.74) is 0.258. The Bertz CT molecular complexity index is 458. The average molecular weight is 309 g/mol. The van der Waals surface area contributed by atoms with Crippen molar-refractivity contribution in [3.63, 3.8) is 0 Å². The van der Waals surface area contributed by atoms with Crippen LogP contribution in [0.1, 0.15) is 6.92 Å². The lowest BCUT2D eigenvalue weighted by molar-refractivity contribution is -0.119. The zero-order valence-electron chi connectivity index (χ0n) is 10.6. The van der Waals surface area contributed by atoms with Crippen molar-refractivity contribution in [1.29, 1.82) is 0 Å². The van der Waals surface area contributed by atoms with Crippen LogP contribution in [0.15, 0.2) is 12.1 Å². The van der Waals surface area contributed by atoms with Gasteiger partial charge in [0, 0.05) is 18.7 Å². The summed E-state index contributed by atoms with van der Waals surface area (Å²) in [6.07, 6.45) is 0. The number of carbonyl (C=O) groups is 1. The fourth-order valence-electron chi connectivity index (χ4n) is 1.45. The highest BCUT2D eigenvalue weighted by molar-refractivity contribution is 6.32. The number of halogens is 3. The molecule has 1 aromatic carbocycles. The molecule has 0 aliphatic rings. The highest BCUT2D eigenvalue weighted by atomic mass is 35.5. The van der Waals surface area contributed by atoms with Gasteiger partial charge in [-0.05, 0) is 13.0 Å². The van der Waals surface area contributed by atoms with Crippen LogP contribution in [-0.4, -0.2) is 31.5 Å². The Morgan fingerprint density at radius 1 is 1.53 bits per heavy atom. The first kappa shape index (κ1) is 15.9. The number of carbonyl (C=O) groups excluding carboxylic acids is 1. The first-order chi connectivity index (χ1) is 8.97. The molecule has 0 aliphatic heterocycles. The molecule has 0 aromatic heterocycles. The van der Waals surface area contributed by atoms with Crippen LogP contribution in [0.5, 0.6) is 5.75 Å². The highest BCUT2D eigenvalue weighted by Crippen LogP contribution is 2.30. The Morgan fingerprint density at radius 3 is 2.79 bits per heavy atom. The van der Waals surface area contributed by atoms with Crippen molar-refractivity contribution < 1.29 is 13.9 Å². The third-order valence-corrected chi connectivity index (χ3v) is 2.91. The van der Waals surface area contributed by atoms with Gasteiger partial charge in [-0.15, -0.1) is 11.6 Å². The standard InChI is InChI=1S/C12H15Cl2FN2O2/c1-7(17-12(18)5-13)6-16-10-4-11(19-2)8(14)3-9(10)15/h3-4,7,16H,5-6H2,1-2H3,(H,17,18)/t7-/m0/s1. The minimum atomic E-state index is -0.485. The predicted molar refractivity (Wildman–Crippen MR) is 74.8 cm³/mol. The molecule has 0 aliphatic carbocycles. The molecule has 19 heavy (non-hydrogen) atoms. The topological polar surface area (TPSA) is 50.4 Å². The number of methoxy groups -OCH3 is 1. The first-order valence-corrected chi connectivity index (χ1v) is 6.51. The number of rotatable bonds is 6. The van der Waals surface area contributed by atoms with E-state index in [2.05, 4.69) is 10.6 Å². The molecule has 0 saturated heterocycles. The molecule has 106 valence electrons. The number of amides is 1. The van der Waals surface area contributed by atoms with Crippen LogP contribution in [0.25, 0.3) is 0 Å². The van der Waals surface area contributed by atoms with Gasteiger partial charge in [0.1, 0.15) is 17.4 Å². The molecule has 1 aromatic rings. The summed E-state index contributed by atoms with van der Waals surface area (Å²) in [5, 5.41) is 5.72. The summed E-state index contributed by atoms with van der Waals surface area (Å²) in [5.74, 6) is -0.484. The summed E-state index contributed by atoms with van der Waals surface area (Å²) in [4.78, 5) is 11.1. The van der Waals surface area contributed by atoms with E-state index in [1.54, 1.807) is 6.92 Å².